The molecular weight excluding hydrogens is 165 g/mol. The van der Waals surface area contributed by atoms with Crippen LogP contribution in [0.15, 0.2) is 0 Å². The summed E-state index contributed by atoms with van der Waals surface area (Å²) in [6, 6.07) is 0. The number of nitrogens with zero attached hydrogens (tertiary/aromatic N) is 1. The van der Waals surface area contributed by atoms with Crippen LogP contribution in [0.25, 0.3) is 0 Å². The summed E-state index contributed by atoms with van der Waals surface area (Å²) in [5, 5.41) is 0. The second-order valence-electron chi connectivity index (χ2n) is 4.99. The summed E-state index contributed by atoms with van der Waals surface area (Å²) in [6.45, 7) is 5.23. The van der Waals surface area contributed by atoms with Gasteiger partial charge in [-0.3, -0.25) is 4.90 Å². The van der Waals surface area contributed by atoms with Crippen molar-refractivity contribution >= 4 is 0 Å². The van der Waals surface area contributed by atoms with Crippen molar-refractivity contribution in [3.8, 4) is 0 Å². The van der Waals surface area contributed by atoms with Crippen molar-refractivity contribution in [1.29, 1.82) is 0 Å². The van der Waals surface area contributed by atoms with Gasteiger partial charge in [0.15, 0.2) is 0 Å². The molecule has 0 radical (unpaired) electrons. The van der Waals surface area contributed by atoms with Crippen LogP contribution in [0.2, 0.25) is 0 Å². The first-order valence-corrected chi connectivity index (χ1v) is 5.59. The van der Waals surface area contributed by atoms with Gasteiger partial charge in [-0.25, -0.2) is 4.39 Å². The van der Waals surface area contributed by atoms with Gasteiger partial charge in [0.1, 0.15) is 5.67 Å². The molecule has 0 aromatic carbocycles. The summed E-state index contributed by atoms with van der Waals surface area (Å²) in [5.41, 5.74) is -0.788. The Morgan fingerprint density at radius 1 is 1.38 bits per heavy atom. The number of rotatable bonds is 2. The third kappa shape index (κ3) is 2.67. The van der Waals surface area contributed by atoms with Crippen LogP contribution < -0.4 is 0 Å². The predicted octanol–water partition coefficient (Wildman–Crippen LogP) is 2.61. The van der Waals surface area contributed by atoms with Crippen LogP contribution in [-0.2, 0) is 0 Å². The molecule has 2 fully saturated rings. The van der Waals surface area contributed by atoms with E-state index in [0.717, 1.165) is 31.8 Å². The Labute approximate surface area is 80.3 Å². The molecule has 13 heavy (non-hydrogen) atoms. The highest BCUT2D eigenvalue weighted by molar-refractivity contribution is 4.97. The number of alkyl halides is 1. The first-order chi connectivity index (χ1) is 6.18. The molecule has 2 aliphatic rings. The Morgan fingerprint density at radius 3 is 2.85 bits per heavy atom. The fourth-order valence-corrected chi connectivity index (χ4v) is 2.29. The lowest BCUT2D eigenvalue weighted by Gasteiger charge is -2.23. The summed E-state index contributed by atoms with van der Waals surface area (Å²) in [5.74, 6) is 0.768. The average molecular weight is 185 g/mol. The normalized spacial score (nSPS) is 34.2. The van der Waals surface area contributed by atoms with Gasteiger partial charge in [0.2, 0.25) is 0 Å². The number of likely N-dealkylation sites (tertiary alicyclic amines) is 1. The first-order valence-electron chi connectivity index (χ1n) is 5.59. The van der Waals surface area contributed by atoms with Crippen molar-refractivity contribution in [3.05, 3.63) is 0 Å². The summed E-state index contributed by atoms with van der Waals surface area (Å²) in [7, 11) is 0. The maximum atomic E-state index is 13.5. The Morgan fingerprint density at radius 2 is 2.15 bits per heavy atom. The number of halogens is 1. The van der Waals surface area contributed by atoms with E-state index in [4.69, 9.17) is 0 Å². The third-order valence-electron chi connectivity index (χ3n) is 3.29. The lowest BCUT2D eigenvalue weighted by Crippen LogP contribution is -2.34. The van der Waals surface area contributed by atoms with Gasteiger partial charge in [-0.15, -0.1) is 0 Å². The summed E-state index contributed by atoms with van der Waals surface area (Å²) >= 11 is 0. The topological polar surface area (TPSA) is 3.24 Å². The zero-order valence-electron chi connectivity index (χ0n) is 8.56. The molecule has 0 N–H and O–H groups in total. The highest BCUT2D eigenvalue weighted by Crippen LogP contribution is 2.40. The molecular formula is C11H20FN. The maximum Gasteiger partial charge on any atom is 0.123 e. The van der Waals surface area contributed by atoms with Gasteiger partial charge in [-0.2, -0.15) is 0 Å². The molecule has 1 saturated heterocycles. The van der Waals surface area contributed by atoms with Crippen LogP contribution in [0, 0.1) is 5.92 Å². The minimum Gasteiger partial charge on any atom is -0.300 e. The molecule has 76 valence electrons. The van der Waals surface area contributed by atoms with E-state index < -0.39 is 5.67 Å². The van der Waals surface area contributed by atoms with Crippen molar-refractivity contribution in [2.45, 2.75) is 44.7 Å². The zero-order chi connectivity index (χ0) is 9.31. The average Bonchev–Trinajstić information content (AvgIpc) is 2.79. The summed E-state index contributed by atoms with van der Waals surface area (Å²) in [6.07, 6.45) is 5.53. The Balaban J connectivity index is 1.82. The van der Waals surface area contributed by atoms with Crippen molar-refractivity contribution in [1.82, 2.24) is 4.90 Å². The highest BCUT2D eigenvalue weighted by atomic mass is 19.1. The lowest BCUT2D eigenvalue weighted by atomic mass is 10.1. The van der Waals surface area contributed by atoms with E-state index in [-0.39, 0.29) is 0 Å². The van der Waals surface area contributed by atoms with Gasteiger partial charge in [0.25, 0.3) is 0 Å². The van der Waals surface area contributed by atoms with E-state index in [1.165, 1.54) is 19.3 Å². The van der Waals surface area contributed by atoms with E-state index in [1.54, 1.807) is 0 Å². The Kier molecular flexibility index (Phi) is 2.59. The fraction of sp³-hybridized carbons (Fsp3) is 1.00. The predicted molar refractivity (Wildman–Crippen MR) is 52.5 cm³/mol. The monoisotopic (exact) mass is 185 g/mol. The van der Waals surface area contributed by atoms with Crippen LogP contribution in [0.3, 0.4) is 0 Å². The molecule has 0 aromatic heterocycles. The second kappa shape index (κ2) is 3.56. The quantitative estimate of drug-likeness (QED) is 0.639. The van der Waals surface area contributed by atoms with Crippen molar-refractivity contribution < 1.29 is 4.39 Å². The minimum atomic E-state index is -0.788. The van der Waals surface area contributed by atoms with Gasteiger partial charge in [-0.05, 0) is 38.1 Å². The van der Waals surface area contributed by atoms with E-state index in [2.05, 4.69) is 11.8 Å². The third-order valence-corrected chi connectivity index (χ3v) is 3.29. The molecule has 1 atom stereocenters. The van der Waals surface area contributed by atoms with Crippen LogP contribution in [0.1, 0.15) is 39.0 Å². The second-order valence-corrected chi connectivity index (χ2v) is 4.99. The van der Waals surface area contributed by atoms with Gasteiger partial charge < -0.3 is 0 Å². The van der Waals surface area contributed by atoms with Gasteiger partial charge in [0.05, 0.1) is 0 Å². The smallest absolute Gasteiger partial charge is 0.123 e. The molecule has 0 bridgehead atoms. The SMILES string of the molecule is CC1CCCCN(CC2(F)CC2)C1. The maximum absolute atomic E-state index is 13.5. The zero-order valence-corrected chi connectivity index (χ0v) is 8.56. The van der Waals surface area contributed by atoms with Gasteiger partial charge in [0, 0.05) is 13.1 Å². The molecule has 1 unspecified atom stereocenters. The molecule has 1 saturated carbocycles. The van der Waals surface area contributed by atoms with Crippen molar-refractivity contribution in [3.63, 3.8) is 0 Å². The molecule has 0 spiro atoms. The Bertz CT molecular complexity index is 177. The van der Waals surface area contributed by atoms with E-state index in [1.807, 2.05) is 0 Å². The number of hydrogen-bond acceptors (Lipinski definition) is 1. The molecule has 1 aliphatic heterocycles. The van der Waals surface area contributed by atoms with E-state index >= 15 is 0 Å². The van der Waals surface area contributed by atoms with Gasteiger partial charge in [-0.1, -0.05) is 13.3 Å². The molecule has 2 rings (SSSR count). The molecule has 2 heteroatoms. The lowest BCUT2D eigenvalue weighted by molar-refractivity contribution is 0.168. The molecule has 1 aliphatic carbocycles. The Hall–Kier alpha value is -0.110. The standard InChI is InChI=1S/C11H20FN/c1-10-4-2-3-7-13(8-10)9-11(12)5-6-11/h10H,2-9H2,1H3. The van der Waals surface area contributed by atoms with Crippen molar-refractivity contribution in [2.24, 2.45) is 5.92 Å². The van der Waals surface area contributed by atoms with Crippen LogP contribution in [-0.4, -0.2) is 30.2 Å². The van der Waals surface area contributed by atoms with Crippen LogP contribution >= 0.6 is 0 Å². The minimum absolute atomic E-state index is 0.706. The molecule has 1 nitrogen and oxygen atoms in total. The van der Waals surface area contributed by atoms with Crippen LogP contribution in [0.5, 0.6) is 0 Å². The van der Waals surface area contributed by atoms with E-state index in [0.29, 0.717) is 6.54 Å². The van der Waals surface area contributed by atoms with Crippen molar-refractivity contribution in [2.75, 3.05) is 19.6 Å². The highest BCUT2D eigenvalue weighted by Gasteiger charge is 2.44. The molecule has 1 heterocycles. The summed E-state index contributed by atoms with van der Waals surface area (Å²) in [4.78, 5) is 2.34. The fourth-order valence-electron chi connectivity index (χ4n) is 2.29. The first kappa shape index (κ1) is 9.45. The van der Waals surface area contributed by atoms with Crippen LogP contribution in [0.4, 0.5) is 4.39 Å². The van der Waals surface area contributed by atoms with E-state index in [9.17, 15) is 4.39 Å². The molecule has 0 aromatic rings. The number of hydrogen-bond donors (Lipinski definition) is 0. The largest absolute Gasteiger partial charge is 0.300 e. The van der Waals surface area contributed by atoms with Gasteiger partial charge >= 0.3 is 0 Å². The summed E-state index contributed by atoms with van der Waals surface area (Å²) < 4.78 is 13.5. The molecule has 0 amide bonds.